The molecule has 2 unspecified atom stereocenters. The molecule has 19 heavy (non-hydrogen) atoms. The van der Waals surface area contributed by atoms with Crippen LogP contribution in [0, 0.1) is 13.8 Å². The Hall–Kier alpha value is -1.52. The smallest absolute Gasteiger partial charge is 0.122 e. The van der Waals surface area contributed by atoms with Crippen LogP contribution in [0.5, 0.6) is 0 Å². The van der Waals surface area contributed by atoms with Gasteiger partial charge in [-0.15, -0.1) is 0 Å². The summed E-state index contributed by atoms with van der Waals surface area (Å²) in [6, 6.07) is 6.02. The van der Waals surface area contributed by atoms with E-state index in [2.05, 4.69) is 11.9 Å². The van der Waals surface area contributed by atoms with Gasteiger partial charge in [-0.05, 0) is 46.0 Å². The first-order valence-corrected chi connectivity index (χ1v) is 6.54. The van der Waals surface area contributed by atoms with Crippen LogP contribution in [-0.4, -0.2) is 18.0 Å². The third-order valence-electron chi connectivity index (χ3n) is 3.41. The van der Waals surface area contributed by atoms with Crippen LogP contribution in [0.25, 0.3) is 0 Å². The van der Waals surface area contributed by atoms with Crippen LogP contribution >= 0.6 is 0 Å². The van der Waals surface area contributed by atoms with Crippen molar-refractivity contribution < 1.29 is 8.83 Å². The van der Waals surface area contributed by atoms with Crippen LogP contribution in [0.2, 0.25) is 0 Å². The van der Waals surface area contributed by atoms with Gasteiger partial charge in [0.2, 0.25) is 0 Å². The minimum atomic E-state index is -0.0113. The number of aryl methyl sites for hydroxylation is 2. The molecule has 4 nitrogen and oxygen atoms in total. The van der Waals surface area contributed by atoms with E-state index >= 15 is 0 Å². The summed E-state index contributed by atoms with van der Waals surface area (Å²) in [6.07, 6.45) is 1.72. The zero-order valence-corrected chi connectivity index (χ0v) is 12.0. The summed E-state index contributed by atoms with van der Waals surface area (Å²) in [5, 5.41) is 0. The Morgan fingerprint density at radius 2 is 2.00 bits per heavy atom. The molecule has 0 saturated carbocycles. The van der Waals surface area contributed by atoms with E-state index in [1.807, 2.05) is 39.0 Å². The molecular formula is C15H22N2O2. The summed E-state index contributed by atoms with van der Waals surface area (Å²) in [5.74, 6) is 2.77. The number of furan rings is 2. The van der Waals surface area contributed by atoms with Gasteiger partial charge in [0.1, 0.15) is 17.3 Å². The number of likely N-dealkylation sites (N-methyl/N-ethyl adjacent to an activating group) is 1. The molecule has 0 fully saturated rings. The van der Waals surface area contributed by atoms with Crippen molar-refractivity contribution in [3.05, 3.63) is 47.3 Å². The summed E-state index contributed by atoms with van der Waals surface area (Å²) in [4.78, 5) is 2.20. The number of nitrogens with two attached hydrogens (primary N) is 1. The first-order valence-electron chi connectivity index (χ1n) is 6.54. The van der Waals surface area contributed by atoms with Gasteiger partial charge >= 0.3 is 0 Å². The van der Waals surface area contributed by atoms with Gasteiger partial charge < -0.3 is 14.6 Å². The van der Waals surface area contributed by atoms with E-state index in [9.17, 15) is 0 Å². The van der Waals surface area contributed by atoms with Gasteiger partial charge in [0.25, 0.3) is 0 Å². The second kappa shape index (κ2) is 5.63. The summed E-state index contributed by atoms with van der Waals surface area (Å²) in [7, 11) is 2.05. The molecule has 0 radical (unpaired) electrons. The van der Waals surface area contributed by atoms with E-state index in [1.165, 1.54) is 5.56 Å². The SMILES string of the molecule is Cc1ccc(C(C(C)N)N(C)Cc2ccoc2C)o1. The molecule has 0 aliphatic heterocycles. The van der Waals surface area contributed by atoms with Crippen LogP contribution in [0.4, 0.5) is 0 Å². The number of hydrogen-bond acceptors (Lipinski definition) is 4. The van der Waals surface area contributed by atoms with Crippen LogP contribution in [-0.2, 0) is 6.54 Å². The minimum absolute atomic E-state index is 0.0113. The molecule has 0 amide bonds. The molecular weight excluding hydrogens is 240 g/mol. The van der Waals surface area contributed by atoms with Crippen molar-refractivity contribution in [2.75, 3.05) is 7.05 Å². The van der Waals surface area contributed by atoms with Crippen molar-refractivity contribution in [1.29, 1.82) is 0 Å². The van der Waals surface area contributed by atoms with Crippen molar-refractivity contribution in [3.63, 3.8) is 0 Å². The molecule has 0 aliphatic rings. The van der Waals surface area contributed by atoms with Crippen LogP contribution in [0.15, 0.2) is 33.3 Å². The molecule has 0 aromatic carbocycles. The second-order valence-electron chi connectivity index (χ2n) is 5.17. The van der Waals surface area contributed by atoms with E-state index < -0.39 is 0 Å². The lowest BCUT2D eigenvalue weighted by Gasteiger charge is -2.29. The highest BCUT2D eigenvalue weighted by Gasteiger charge is 2.24. The maximum atomic E-state index is 6.12. The first kappa shape index (κ1) is 13.9. The summed E-state index contributed by atoms with van der Waals surface area (Å²) in [6.45, 7) is 6.71. The molecule has 0 spiro atoms. The third kappa shape index (κ3) is 3.08. The Balaban J connectivity index is 2.18. The lowest BCUT2D eigenvalue weighted by molar-refractivity contribution is 0.182. The van der Waals surface area contributed by atoms with Crippen molar-refractivity contribution in [3.8, 4) is 0 Å². The van der Waals surface area contributed by atoms with Crippen molar-refractivity contribution in [2.45, 2.75) is 39.4 Å². The molecule has 0 bridgehead atoms. The zero-order valence-electron chi connectivity index (χ0n) is 12.0. The van der Waals surface area contributed by atoms with Crippen molar-refractivity contribution in [1.82, 2.24) is 4.90 Å². The quantitative estimate of drug-likeness (QED) is 0.900. The van der Waals surface area contributed by atoms with Gasteiger partial charge in [0.05, 0.1) is 12.3 Å². The largest absolute Gasteiger partial charge is 0.469 e. The molecule has 2 aromatic rings. The molecule has 2 N–H and O–H groups in total. The average Bonchev–Trinajstić information content (AvgIpc) is 2.89. The lowest BCUT2D eigenvalue weighted by atomic mass is 10.1. The Morgan fingerprint density at radius 1 is 1.26 bits per heavy atom. The molecule has 4 heteroatoms. The van der Waals surface area contributed by atoms with E-state index in [0.717, 1.165) is 23.8 Å². The van der Waals surface area contributed by atoms with Crippen LogP contribution in [0.3, 0.4) is 0 Å². The van der Waals surface area contributed by atoms with Gasteiger partial charge in [0, 0.05) is 18.2 Å². The summed E-state index contributed by atoms with van der Waals surface area (Å²) >= 11 is 0. The molecule has 2 atom stereocenters. The highest BCUT2D eigenvalue weighted by atomic mass is 16.3. The maximum absolute atomic E-state index is 6.12. The zero-order chi connectivity index (χ0) is 14.0. The van der Waals surface area contributed by atoms with Crippen molar-refractivity contribution in [2.24, 2.45) is 5.73 Å². The molecule has 0 saturated heterocycles. The second-order valence-corrected chi connectivity index (χ2v) is 5.17. The first-order chi connectivity index (χ1) is 8.99. The van der Waals surface area contributed by atoms with Crippen LogP contribution < -0.4 is 5.73 Å². The normalized spacial score (nSPS) is 14.8. The molecule has 2 rings (SSSR count). The van der Waals surface area contributed by atoms with Gasteiger partial charge in [0.15, 0.2) is 0 Å². The van der Waals surface area contributed by atoms with Crippen molar-refractivity contribution >= 4 is 0 Å². The monoisotopic (exact) mass is 262 g/mol. The van der Waals surface area contributed by atoms with Gasteiger partial charge in [-0.3, -0.25) is 4.90 Å². The summed E-state index contributed by atoms with van der Waals surface area (Å²) in [5.41, 5.74) is 7.30. The Kier molecular flexibility index (Phi) is 4.12. The predicted octanol–water partition coefficient (Wildman–Crippen LogP) is 3.01. The minimum Gasteiger partial charge on any atom is -0.469 e. The third-order valence-corrected chi connectivity index (χ3v) is 3.41. The molecule has 0 aliphatic carbocycles. The fourth-order valence-electron chi connectivity index (χ4n) is 2.43. The topological polar surface area (TPSA) is 55.5 Å². The number of hydrogen-bond donors (Lipinski definition) is 1. The fraction of sp³-hybridized carbons (Fsp3) is 0.467. The molecule has 104 valence electrons. The van der Waals surface area contributed by atoms with E-state index in [1.54, 1.807) is 6.26 Å². The number of rotatable bonds is 5. The maximum Gasteiger partial charge on any atom is 0.122 e. The Labute approximate surface area is 114 Å². The average molecular weight is 262 g/mol. The fourth-order valence-corrected chi connectivity index (χ4v) is 2.43. The highest BCUT2D eigenvalue weighted by Crippen LogP contribution is 2.26. The lowest BCUT2D eigenvalue weighted by Crippen LogP contribution is -2.36. The van der Waals surface area contributed by atoms with Gasteiger partial charge in [-0.2, -0.15) is 0 Å². The highest BCUT2D eigenvalue weighted by molar-refractivity contribution is 5.17. The number of nitrogens with zero attached hydrogens (tertiary/aromatic N) is 1. The summed E-state index contributed by atoms with van der Waals surface area (Å²) < 4.78 is 11.1. The van der Waals surface area contributed by atoms with E-state index in [-0.39, 0.29) is 12.1 Å². The molecule has 2 aromatic heterocycles. The molecule has 2 heterocycles. The Bertz CT molecular complexity index is 528. The Morgan fingerprint density at radius 3 is 2.47 bits per heavy atom. The predicted molar refractivity (Wildman–Crippen MR) is 74.7 cm³/mol. The van der Waals surface area contributed by atoms with Crippen LogP contribution in [0.1, 0.15) is 35.8 Å². The standard InChI is InChI=1S/C15H22N2O2/c1-10-5-6-14(19-10)15(11(2)16)17(4)9-13-7-8-18-12(13)3/h5-8,11,15H,9,16H2,1-4H3. The van der Waals surface area contributed by atoms with Gasteiger partial charge in [-0.25, -0.2) is 0 Å². The van der Waals surface area contributed by atoms with E-state index in [4.69, 9.17) is 14.6 Å². The van der Waals surface area contributed by atoms with E-state index in [0.29, 0.717) is 0 Å². The van der Waals surface area contributed by atoms with Gasteiger partial charge in [-0.1, -0.05) is 0 Å².